The van der Waals surface area contributed by atoms with Gasteiger partial charge in [-0.15, -0.1) is 0 Å². The number of likely N-dealkylation sites (tertiary alicyclic amines) is 1. The van der Waals surface area contributed by atoms with E-state index in [1.165, 1.54) is 37.9 Å². The normalized spacial score (nSPS) is 22.5. The van der Waals surface area contributed by atoms with E-state index in [4.69, 9.17) is 9.26 Å². The summed E-state index contributed by atoms with van der Waals surface area (Å²) in [7, 11) is 0. The molecule has 0 amide bonds. The van der Waals surface area contributed by atoms with Gasteiger partial charge in [0.05, 0.1) is 6.61 Å². The number of hydrogen-bond acceptors (Lipinski definition) is 5. The molecule has 2 fully saturated rings. The molecule has 0 bridgehead atoms. The van der Waals surface area contributed by atoms with Crippen LogP contribution in [-0.4, -0.2) is 41.3 Å². The molecule has 0 radical (unpaired) electrons. The lowest BCUT2D eigenvalue weighted by molar-refractivity contribution is 0.192. The van der Waals surface area contributed by atoms with Crippen molar-refractivity contribution in [2.24, 2.45) is 0 Å². The minimum Gasteiger partial charge on any atom is -0.381 e. The van der Waals surface area contributed by atoms with E-state index in [2.05, 4.69) is 39.3 Å². The summed E-state index contributed by atoms with van der Waals surface area (Å²) in [6.07, 6.45) is 5.01. The van der Waals surface area contributed by atoms with Crippen LogP contribution < -0.4 is 0 Å². The Bertz CT molecular complexity index is 626. The van der Waals surface area contributed by atoms with Gasteiger partial charge in [-0.05, 0) is 50.0 Å². The zero-order valence-electron chi connectivity index (χ0n) is 13.4. The molecule has 0 aliphatic carbocycles. The molecule has 4 rings (SSSR count). The highest BCUT2D eigenvalue weighted by Gasteiger charge is 2.23. The van der Waals surface area contributed by atoms with Crippen molar-refractivity contribution in [2.75, 3.05) is 26.3 Å². The van der Waals surface area contributed by atoms with Crippen molar-refractivity contribution >= 4 is 0 Å². The second-order valence-electron chi connectivity index (χ2n) is 6.55. The van der Waals surface area contributed by atoms with Crippen LogP contribution in [0.3, 0.4) is 0 Å². The van der Waals surface area contributed by atoms with Crippen LogP contribution in [0.1, 0.15) is 43.0 Å². The Kier molecular flexibility index (Phi) is 4.39. The molecule has 2 saturated heterocycles. The van der Waals surface area contributed by atoms with E-state index >= 15 is 0 Å². The third-order valence-corrected chi connectivity index (χ3v) is 4.79. The molecular formula is C18H23N3O2. The monoisotopic (exact) mass is 313 g/mol. The first-order valence-corrected chi connectivity index (χ1v) is 8.61. The molecule has 0 saturated carbocycles. The fourth-order valence-corrected chi connectivity index (χ4v) is 3.38. The van der Waals surface area contributed by atoms with Gasteiger partial charge in [0, 0.05) is 24.6 Å². The summed E-state index contributed by atoms with van der Waals surface area (Å²) in [4.78, 5) is 7.07. The summed E-state index contributed by atoms with van der Waals surface area (Å²) < 4.78 is 10.8. The second kappa shape index (κ2) is 6.81. The zero-order chi connectivity index (χ0) is 15.5. The SMILES string of the molecule is c1cc(-c2nc([C@@H]3CCOC3)no2)ccc1CN1CCCCC1. The van der Waals surface area contributed by atoms with Crippen LogP contribution in [0.25, 0.3) is 11.5 Å². The zero-order valence-corrected chi connectivity index (χ0v) is 13.4. The molecule has 2 aromatic rings. The van der Waals surface area contributed by atoms with Crippen molar-refractivity contribution < 1.29 is 9.26 Å². The standard InChI is InChI=1S/C18H23N3O2/c1-2-9-21(10-3-1)12-14-4-6-15(7-5-14)18-19-17(20-23-18)16-8-11-22-13-16/h4-7,16H,1-3,8-13H2/t16-/m1/s1. The maximum atomic E-state index is 5.43. The number of hydrogen-bond donors (Lipinski definition) is 0. The molecule has 122 valence electrons. The third kappa shape index (κ3) is 3.46. The topological polar surface area (TPSA) is 51.4 Å². The van der Waals surface area contributed by atoms with Gasteiger partial charge in [0.1, 0.15) is 0 Å². The predicted octanol–water partition coefficient (Wildman–Crippen LogP) is 3.23. The smallest absolute Gasteiger partial charge is 0.257 e. The van der Waals surface area contributed by atoms with Gasteiger partial charge >= 0.3 is 0 Å². The van der Waals surface area contributed by atoms with Crippen molar-refractivity contribution in [3.8, 4) is 11.5 Å². The molecule has 5 nitrogen and oxygen atoms in total. The van der Waals surface area contributed by atoms with Crippen LogP contribution in [0.15, 0.2) is 28.8 Å². The molecule has 1 aromatic carbocycles. The van der Waals surface area contributed by atoms with Crippen LogP contribution >= 0.6 is 0 Å². The molecule has 2 aliphatic rings. The molecule has 23 heavy (non-hydrogen) atoms. The van der Waals surface area contributed by atoms with Gasteiger partial charge in [-0.25, -0.2) is 0 Å². The van der Waals surface area contributed by atoms with Gasteiger partial charge in [0.2, 0.25) is 0 Å². The summed E-state index contributed by atoms with van der Waals surface area (Å²) in [6.45, 7) is 4.97. The van der Waals surface area contributed by atoms with Crippen molar-refractivity contribution in [3.63, 3.8) is 0 Å². The fraction of sp³-hybridized carbons (Fsp3) is 0.556. The van der Waals surface area contributed by atoms with Gasteiger partial charge in [-0.3, -0.25) is 4.90 Å². The molecule has 3 heterocycles. The number of nitrogens with zero attached hydrogens (tertiary/aromatic N) is 3. The minimum atomic E-state index is 0.283. The first-order valence-electron chi connectivity index (χ1n) is 8.61. The number of piperidine rings is 1. The van der Waals surface area contributed by atoms with Crippen LogP contribution in [0.2, 0.25) is 0 Å². The number of ether oxygens (including phenoxy) is 1. The second-order valence-corrected chi connectivity index (χ2v) is 6.55. The average Bonchev–Trinajstić information content (AvgIpc) is 3.28. The third-order valence-electron chi connectivity index (χ3n) is 4.79. The number of aromatic nitrogens is 2. The maximum Gasteiger partial charge on any atom is 0.257 e. The van der Waals surface area contributed by atoms with Gasteiger partial charge in [0.25, 0.3) is 5.89 Å². The van der Waals surface area contributed by atoms with Gasteiger partial charge in [-0.2, -0.15) is 4.98 Å². The largest absolute Gasteiger partial charge is 0.381 e. The Morgan fingerprint density at radius 1 is 1.09 bits per heavy atom. The Morgan fingerprint density at radius 3 is 2.65 bits per heavy atom. The predicted molar refractivity (Wildman–Crippen MR) is 87.0 cm³/mol. The summed E-state index contributed by atoms with van der Waals surface area (Å²) in [5, 5.41) is 4.12. The molecule has 0 spiro atoms. The molecular weight excluding hydrogens is 290 g/mol. The van der Waals surface area contributed by atoms with E-state index < -0.39 is 0 Å². The number of benzene rings is 1. The fourth-order valence-electron chi connectivity index (χ4n) is 3.38. The molecule has 0 unspecified atom stereocenters. The van der Waals surface area contributed by atoms with Gasteiger partial charge < -0.3 is 9.26 Å². The summed E-state index contributed by atoms with van der Waals surface area (Å²) in [6, 6.07) is 8.52. The van der Waals surface area contributed by atoms with Crippen molar-refractivity contribution in [3.05, 3.63) is 35.7 Å². The van der Waals surface area contributed by atoms with Crippen LogP contribution in [-0.2, 0) is 11.3 Å². The Labute approximate surface area is 136 Å². The van der Waals surface area contributed by atoms with Crippen LogP contribution in [0.5, 0.6) is 0 Å². The maximum absolute atomic E-state index is 5.43. The Balaban J connectivity index is 1.43. The van der Waals surface area contributed by atoms with Gasteiger partial charge in [-0.1, -0.05) is 23.7 Å². The highest BCUT2D eigenvalue weighted by atomic mass is 16.5. The van der Waals surface area contributed by atoms with E-state index in [1.54, 1.807) is 0 Å². The molecule has 1 aromatic heterocycles. The Hall–Kier alpha value is -1.72. The number of rotatable bonds is 4. The van der Waals surface area contributed by atoms with Gasteiger partial charge in [0.15, 0.2) is 5.82 Å². The first-order chi connectivity index (χ1) is 11.4. The van der Waals surface area contributed by atoms with E-state index in [-0.39, 0.29) is 5.92 Å². The Morgan fingerprint density at radius 2 is 1.91 bits per heavy atom. The molecule has 2 aliphatic heterocycles. The van der Waals surface area contributed by atoms with Crippen LogP contribution in [0.4, 0.5) is 0 Å². The van der Waals surface area contributed by atoms with Crippen molar-refractivity contribution in [1.29, 1.82) is 0 Å². The summed E-state index contributed by atoms with van der Waals surface area (Å²) in [5.41, 5.74) is 2.34. The lowest BCUT2D eigenvalue weighted by atomic mass is 10.1. The molecule has 0 N–H and O–H groups in total. The minimum absolute atomic E-state index is 0.283. The highest BCUT2D eigenvalue weighted by Crippen LogP contribution is 2.26. The summed E-state index contributed by atoms with van der Waals surface area (Å²) >= 11 is 0. The van der Waals surface area contributed by atoms with E-state index in [0.717, 1.165) is 31.0 Å². The summed E-state index contributed by atoms with van der Waals surface area (Å²) in [5.74, 6) is 1.66. The van der Waals surface area contributed by atoms with Crippen molar-refractivity contribution in [1.82, 2.24) is 15.0 Å². The molecule has 5 heteroatoms. The van der Waals surface area contributed by atoms with E-state index in [9.17, 15) is 0 Å². The molecule has 1 atom stereocenters. The lowest BCUT2D eigenvalue weighted by Gasteiger charge is -2.26. The highest BCUT2D eigenvalue weighted by molar-refractivity contribution is 5.53. The average molecular weight is 313 g/mol. The first kappa shape index (κ1) is 14.8. The van der Waals surface area contributed by atoms with Crippen LogP contribution in [0, 0.1) is 0 Å². The quantitative estimate of drug-likeness (QED) is 0.867. The van der Waals surface area contributed by atoms with E-state index in [1.807, 2.05) is 0 Å². The van der Waals surface area contributed by atoms with E-state index in [0.29, 0.717) is 12.5 Å². The van der Waals surface area contributed by atoms with Crippen molar-refractivity contribution in [2.45, 2.75) is 38.1 Å². The lowest BCUT2D eigenvalue weighted by Crippen LogP contribution is -2.28.